The smallest absolute Gasteiger partial charge is 0.241 e. The van der Waals surface area contributed by atoms with E-state index in [1.54, 1.807) is 32.9 Å². The first kappa shape index (κ1) is 20.3. The summed E-state index contributed by atoms with van der Waals surface area (Å²) in [5.41, 5.74) is 0.954. The van der Waals surface area contributed by atoms with Crippen LogP contribution in [0.5, 0.6) is 5.75 Å². The molecule has 0 spiro atoms. The molecule has 1 fully saturated rings. The second-order valence-electron chi connectivity index (χ2n) is 8.42. The molecule has 0 radical (unpaired) electrons. The third-order valence-corrected chi connectivity index (χ3v) is 6.23. The van der Waals surface area contributed by atoms with E-state index in [1.165, 1.54) is 18.3 Å². The number of aromatic nitrogens is 4. The van der Waals surface area contributed by atoms with E-state index in [0.29, 0.717) is 17.3 Å². The van der Waals surface area contributed by atoms with Crippen LogP contribution < -0.4 is 10.0 Å². The highest BCUT2D eigenvalue weighted by Gasteiger charge is 2.26. The Labute approximate surface area is 181 Å². The average Bonchev–Trinajstić information content (AvgIpc) is 3.41. The van der Waals surface area contributed by atoms with Gasteiger partial charge in [0.05, 0.1) is 11.1 Å². The van der Waals surface area contributed by atoms with Crippen LogP contribution in [0, 0.1) is 0 Å². The van der Waals surface area contributed by atoms with Gasteiger partial charge in [0.25, 0.3) is 0 Å². The molecule has 0 bridgehead atoms. The maximum atomic E-state index is 12.6. The maximum absolute atomic E-state index is 12.6. The van der Waals surface area contributed by atoms with Crippen LogP contribution in [-0.2, 0) is 10.0 Å². The predicted octanol–water partition coefficient (Wildman–Crippen LogP) is 4.25. The van der Waals surface area contributed by atoms with Gasteiger partial charge in [-0.25, -0.2) is 23.1 Å². The molecular weight excluding hydrogens is 404 g/mol. The van der Waals surface area contributed by atoms with Crippen LogP contribution in [0.1, 0.15) is 50.9 Å². The molecule has 1 aliphatic rings. The molecule has 10 heteroatoms. The molecule has 2 aromatic heterocycles. The molecule has 2 heterocycles. The topological polar surface area (TPSA) is 133 Å². The molecule has 4 rings (SSSR count). The normalized spacial score (nSPS) is 14.6. The lowest BCUT2D eigenvalue weighted by atomic mass is 10.1. The van der Waals surface area contributed by atoms with E-state index in [4.69, 9.17) is 0 Å². The van der Waals surface area contributed by atoms with Crippen LogP contribution in [-0.4, -0.2) is 39.2 Å². The first-order valence-electron chi connectivity index (χ1n) is 9.63. The zero-order chi connectivity index (χ0) is 21.5. The Morgan fingerprint density at radius 1 is 1.23 bits per heavy atom. The van der Waals surface area contributed by atoms with E-state index in [0.717, 1.165) is 18.5 Å². The summed E-state index contributed by atoms with van der Waals surface area (Å²) in [6.45, 7) is 5.33. The lowest BCUT2D eigenvalue weighted by Gasteiger charge is -2.20. The molecule has 0 atom stereocenters. The zero-order valence-electron chi connectivity index (χ0n) is 17.0. The second kappa shape index (κ2) is 7.37. The van der Waals surface area contributed by atoms with E-state index < -0.39 is 15.6 Å². The van der Waals surface area contributed by atoms with Gasteiger partial charge in [0.15, 0.2) is 23.2 Å². The third kappa shape index (κ3) is 4.60. The number of H-pyrrole nitrogens is 1. The van der Waals surface area contributed by atoms with Crippen molar-refractivity contribution in [1.82, 2.24) is 24.9 Å². The average molecular weight is 437 g/mol. The van der Waals surface area contributed by atoms with Crippen molar-refractivity contribution in [3.8, 4) is 17.1 Å². The summed E-state index contributed by atoms with van der Waals surface area (Å²) in [5, 5.41) is 20.3. The monoisotopic (exact) mass is 436 g/mol. The Kier molecular flexibility index (Phi) is 4.99. The third-order valence-electron chi connectivity index (χ3n) is 4.47. The molecule has 0 aliphatic heterocycles. The van der Waals surface area contributed by atoms with Gasteiger partial charge < -0.3 is 10.4 Å². The molecule has 0 amide bonds. The molecule has 30 heavy (non-hydrogen) atoms. The van der Waals surface area contributed by atoms with Gasteiger partial charge in [-0.1, -0.05) is 12.1 Å². The molecule has 3 aromatic rings. The zero-order valence-corrected chi connectivity index (χ0v) is 17.8. The van der Waals surface area contributed by atoms with Gasteiger partial charge in [0.2, 0.25) is 10.0 Å². The number of anilines is 2. The maximum Gasteiger partial charge on any atom is 0.241 e. The van der Waals surface area contributed by atoms with Crippen LogP contribution >= 0.6 is 0 Å². The van der Waals surface area contributed by atoms with Crippen molar-refractivity contribution in [3.63, 3.8) is 0 Å². The Hall–Kier alpha value is -2.98. The van der Waals surface area contributed by atoms with Crippen molar-refractivity contribution >= 4 is 21.7 Å². The van der Waals surface area contributed by atoms with Crippen LogP contribution in [0.25, 0.3) is 11.4 Å². The molecule has 1 aromatic carbocycles. The van der Waals surface area contributed by atoms with E-state index in [2.05, 4.69) is 30.2 Å². The van der Waals surface area contributed by atoms with Crippen molar-refractivity contribution in [2.24, 2.45) is 0 Å². The van der Waals surface area contributed by atoms with Gasteiger partial charge in [-0.3, -0.25) is 5.10 Å². The number of sulfonamides is 1. The second-order valence-corrected chi connectivity index (χ2v) is 10.1. The number of hydrogen-bond donors (Lipinski definition) is 4. The van der Waals surface area contributed by atoms with Gasteiger partial charge in [0, 0.05) is 34.5 Å². The van der Waals surface area contributed by atoms with Gasteiger partial charge in [0.1, 0.15) is 0 Å². The lowest BCUT2D eigenvalue weighted by molar-refractivity contribution is 0.472. The van der Waals surface area contributed by atoms with Gasteiger partial charge in [-0.2, -0.15) is 5.10 Å². The Morgan fingerprint density at radius 2 is 2.00 bits per heavy atom. The number of nitrogens with one attached hydrogen (secondary N) is 3. The number of nitrogens with zero attached hydrogens (tertiary/aromatic N) is 3. The lowest BCUT2D eigenvalue weighted by Crippen LogP contribution is -2.40. The number of aromatic amines is 1. The van der Waals surface area contributed by atoms with E-state index >= 15 is 0 Å². The Morgan fingerprint density at radius 3 is 2.70 bits per heavy atom. The summed E-state index contributed by atoms with van der Waals surface area (Å²) in [6, 6.07) is 8.26. The highest BCUT2D eigenvalue weighted by molar-refractivity contribution is 7.89. The quantitative estimate of drug-likeness (QED) is 0.454. The van der Waals surface area contributed by atoms with Crippen molar-refractivity contribution in [2.45, 2.75) is 50.0 Å². The number of rotatable bonds is 6. The molecule has 0 unspecified atom stereocenters. The Balaban J connectivity index is 0.00000272. The SMILES string of the molecule is CC(C)(C)NS(=O)(=O)c1cccc(-c2ncc(O)c(Nc3cc(C4CC4)[nH]n3)n2)c1.[HH].[HH].[HH].[HH]. The fourth-order valence-corrected chi connectivity index (χ4v) is 4.46. The minimum Gasteiger partial charge on any atom is -0.503 e. The predicted molar refractivity (Wildman–Crippen MR) is 122 cm³/mol. The molecule has 1 saturated carbocycles. The van der Waals surface area contributed by atoms with Crippen LogP contribution in [0.4, 0.5) is 11.6 Å². The van der Waals surface area contributed by atoms with E-state index in [1.807, 2.05) is 6.07 Å². The fraction of sp³-hybridized carbons (Fsp3) is 0.350. The van der Waals surface area contributed by atoms with Gasteiger partial charge in [-0.05, 0) is 45.7 Å². The van der Waals surface area contributed by atoms with Crippen LogP contribution in [0.15, 0.2) is 41.4 Å². The molecule has 0 saturated heterocycles. The van der Waals surface area contributed by atoms with Gasteiger partial charge >= 0.3 is 0 Å². The summed E-state index contributed by atoms with van der Waals surface area (Å²) < 4.78 is 27.9. The first-order chi connectivity index (χ1) is 14.1. The molecule has 4 N–H and O–H groups in total. The standard InChI is InChI=1S/C20H24N6O3S.4H2/c1-20(2,3)26-30(28,29)14-6-4-5-13(9-14)18-21-11-16(27)19(23-18)22-17-10-15(24-25-17)12-7-8-12;;;;/h4-6,9-12,26-27H,7-8H2,1-3H3,(H2,21,22,23,24,25);4*1H. The van der Waals surface area contributed by atoms with Crippen LogP contribution in [0.3, 0.4) is 0 Å². The highest BCUT2D eigenvalue weighted by atomic mass is 32.2. The summed E-state index contributed by atoms with van der Waals surface area (Å²) in [7, 11) is -3.70. The first-order valence-corrected chi connectivity index (χ1v) is 11.1. The summed E-state index contributed by atoms with van der Waals surface area (Å²) in [5.74, 6) is 1.40. The van der Waals surface area contributed by atoms with E-state index in [9.17, 15) is 13.5 Å². The highest BCUT2D eigenvalue weighted by Crippen LogP contribution is 2.40. The summed E-state index contributed by atoms with van der Waals surface area (Å²) in [6.07, 6.45) is 3.56. The van der Waals surface area contributed by atoms with Crippen molar-refractivity contribution in [2.75, 3.05) is 5.32 Å². The van der Waals surface area contributed by atoms with Gasteiger partial charge in [-0.15, -0.1) is 0 Å². The summed E-state index contributed by atoms with van der Waals surface area (Å²) >= 11 is 0. The molecule has 9 nitrogen and oxygen atoms in total. The number of aromatic hydroxyl groups is 1. The fourth-order valence-electron chi connectivity index (χ4n) is 3.00. The van der Waals surface area contributed by atoms with Crippen molar-refractivity contribution in [1.29, 1.82) is 0 Å². The van der Waals surface area contributed by atoms with E-state index in [-0.39, 0.29) is 28.0 Å². The minimum atomic E-state index is -3.70. The Bertz CT molecular complexity index is 1200. The number of hydrogen-bond acceptors (Lipinski definition) is 7. The molecule has 166 valence electrons. The summed E-state index contributed by atoms with van der Waals surface area (Å²) in [4.78, 5) is 8.62. The largest absolute Gasteiger partial charge is 0.503 e. The van der Waals surface area contributed by atoms with Crippen LogP contribution in [0.2, 0.25) is 0 Å². The molecular formula is C20H32N6O3S. The van der Waals surface area contributed by atoms with Crippen molar-refractivity contribution in [3.05, 3.63) is 42.2 Å². The molecule has 1 aliphatic carbocycles. The van der Waals surface area contributed by atoms with Crippen molar-refractivity contribution < 1.29 is 19.2 Å². The number of benzene rings is 1. The minimum absolute atomic E-state index is 0.